The average molecular weight is 745 g/mol. The summed E-state index contributed by atoms with van der Waals surface area (Å²) in [5, 5.41) is 29.6. The Morgan fingerprint density at radius 1 is 1.17 bits per heavy atom. The highest BCUT2D eigenvalue weighted by Crippen LogP contribution is 2.42. The summed E-state index contributed by atoms with van der Waals surface area (Å²) < 4.78 is 54.6. The number of aromatic nitrogens is 5. The van der Waals surface area contributed by atoms with Crippen molar-refractivity contribution in [1.29, 1.82) is 0 Å². The molecular weight excluding hydrogens is 701 g/mol. The number of aliphatic hydroxyl groups excluding tert-OH is 1. The van der Waals surface area contributed by atoms with E-state index in [0.717, 1.165) is 19.4 Å². The number of nitrogens with zero attached hydrogens (tertiary/aromatic N) is 7. The molecule has 284 valence electrons. The number of benzene rings is 2. The summed E-state index contributed by atoms with van der Waals surface area (Å²) in [6.07, 6.45) is 3.69. The van der Waals surface area contributed by atoms with Gasteiger partial charge in [0.15, 0.2) is 11.5 Å². The third kappa shape index (κ3) is 6.46. The lowest BCUT2D eigenvalue weighted by Crippen LogP contribution is -2.43. The fraction of sp³-hybridized carbons (Fsp3) is 0.462. The second-order valence-electron chi connectivity index (χ2n) is 15.1. The van der Waals surface area contributed by atoms with Crippen LogP contribution in [0.15, 0.2) is 36.5 Å². The quantitative estimate of drug-likeness (QED) is 0.156. The number of pyridine rings is 1. The number of hydrogen-bond acceptors (Lipinski definition) is 10. The average Bonchev–Trinajstić information content (AvgIpc) is 3.80. The molecule has 3 N–H and O–H groups in total. The standard InChI is InChI=1S/C39H43F3N8O4/c1-4-27-30(41)7-6-22-12-26(52)14-28(32(22)27)34-33(42)35-29(17-43-34)36(46-38(45-35)54-20-39-8-5-9-49(39)19-23(40)15-39)44-16-24-13-31(37(53)48(2)3)47-50(24)18-21-10-25(51)11-21/h6-7,12-14,17,21,23,25,51-52H,4-5,8-11,15-16,18-20H2,1-3H3,(H,44,45,46)/t21-,23-,25+,39+/m1/s1. The zero-order valence-corrected chi connectivity index (χ0v) is 30.4. The minimum absolute atomic E-state index is 0.115. The van der Waals surface area contributed by atoms with Crippen molar-refractivity contribution in [3.05, 3.63) is 65.1 Å². The maximum Gasteiger partial charge on any atom is 0.319 e. The molecular formula is C39H43F3N8O4. The number of amides is 1. The Kier molecular flexibility index (Phi) is 9.33. The predicted molar refractivity (Wildman–Crippen MR) is 196 cm³/mol. The molecule has 2 saturated heterocycles. The molecule has 0 unspecified atom stereocenters. The normalized spacial score (nSPS) is 22.5. The van der Waals surface area contributed by atoms with Gasteiger partial charge in [-0.25, -0.2) is 13.2 Å². The van der Waals surface area contributed by atoms with Gasteiger partial charge in [-0.2, -0.15) is 15.1 Å². The number of alkyl halides is 1. The van der Waals surface area contributed by atoms with Crippen molar-refractivity contribution in [1.82, 2.24) is 34.5 Å². The molecule has 0 radical (unpaired) electrons. The van der Waals surface area contributed by atoms with Crippen molar-refractivity contribution in [3.8, 4) is 23.0 Å². The zero-order chi connectivity index (χ0) is 37.9. The van der Waals surface area contributed by atoms with Gasteiger partial charge in [0.2, 0.25) is 0 Å². The third-order valence-corrected chi connectivity index (χ3v) is 11.2. The van der Waals surface area contributed by atoms with Crippen molar-refractivity contribution < 1.29 is 32.9 Å². The lowest BCUT2D eigenvalue weighted by Gasteiger charge is -2.31. The molecule has 2 aliphatic heterocycles. The Labute approximate surface area is 310 Å². The molecule has 5 heterocycles. The second kappa shape index (κ2) is 14.0. The summed E-state index contributed by atoms with van der Waals surface area (Å²) >= 11 is 0. The highest BCUT2D eigenvalue weighted by molar-refractivity contribution is 6.01. The number of fused-ring (bicyclic) bond motifs is 3. The van der Waals surface area contributed by atoms with Crippen LogP contribution in [0.1, 0.15) is 60.8 Å². The van der Waals surface area contributed by atoms with E-state index in [2.05, 4.69) is 30.3 Å². The van der Waals surface area contributed by atoms with Crippen molar-refractivity contribution in [2.45, 2.75) is 76.4 Å². The van der Waals surface area contributed by atoms with Crippen molar-refractivity contribution in [2.24, 2.45) is 5.92 Å². The van der Waals surface area contributed by atoms with Crippen LogP contribution >= 0.6 is 0 Å². The SMILES string of the molecule is CCc1c(F)ccc2cc(O)cc(-c3ncc4c(NCc5cc(C(=O)N(C)C)nn5C[C@H]5C[C@@H](O)C5)nc(OC[C@@]56CCCN5C[C@H](F)C6)nc4c3F)c12. The van der Waals surface area contributed by atoms with Gasteiger partial charge in [0.05, 0.1) is 29.3 Å². The summed E-state index contributed by atoms with van der Waals surface area (Å²) in [5.41, 5.74) is 0.737. The van der Waals surface area contributed by atoms with Crippen LogP contribution in [0.4, 0.5) is 19.0 Å². The number of halogens is 3. The van der Waals surface area contributed by atoms with E-state index in [0.29, 0.717) is 60.8 Å². The Balaban J connectivity index is 1.21. The van der Waals surface area contributed by atoms with E-state index in [-0.39, 0.29) is 76.5 Å². The highest BCUT2D eigenvalue weighted by Gasteiger charge is 2.49. The number of aryl methyl sites for hydroxylation is 1. The van der Waals surface area contributed by atoms with Crippen LogP contribution in [0.5, 0.6) is 11.8 Å². The van der Waals surface area contributed by atoms with Crippen LogP contribution in [-0.2, 0) is 19.5 Å². The topological polar surface area (TPSA) is 142 Å². The third-order valence-electron chi connectivity index (χ3n) is 11.2. The van der Waals surface area contributed by atoms with E-state index in [4.69, 9.17) is 4.74 Å². The molecule has 1 amide bonds. The number of phenolic OH excluding ortho intramolecular Hbond substituents is 1. The molecule has 8 rings (SSSR count). The maximum atomic E-state index is 17.0. The molecule has 2 atom stereocenters. The van der Waals surface area contributed by atoms with Crippen molar-refractivity contribution >= 4 is 33.4 Å². The van der Waals surface area contributed by atoms with Gasteiger partial charge in [0, 0.05) is 45.4 Å². The van der Waals surface area contributed by atoms with Gasteiger partial charge in [-0.1, -0.05) is 13.0 Å². The molecule has 0 spiro atoms. The molecule has 15 heteroatoms. The Morgan fingerprint density at radius 3 is 2.74 bits per heavy atom. The summed E-state index contributed by atoms with van der Waals surface area (Å²) in [6.45, 7) is 3.65. The molecule has 3 aliphatic rings. The van der Waals surface area contributed by atoms with E-state index in [1.165, 1.54) is 35.4 Å². The van der Waals surface area contributed by atoms with Gasteiger partial charge < -0.3 is 25.2 Å². The largest absolute Gasteiger partial charge is 0.508 e. The van der Waals surface area contributed by atoms with Crippen molar-refractivity contribution in [3.63, 3.8) is 0 Å². The molecule has 2 aromatic carbocycles. The first kappa shape index (κ1) is 36.0. The number of carbonyl (C=O) groups excluding carboxylic acids is 1. The molecule has 5 aromatic rings. The van der Waals surface area contributed by atoms with Gasteiger partial charge >= 0.3 is 6.01 Å². The molecule has 3 fully saturated rings. The van der Waals surface area contributed by atoms with Gasteiger partial charge in [-0.15, -0.1) is 0 Å². The van der Waals surface area contributed by atoms with Gasteiger partial charge in [-0.05, 0) is 85.2 Å². The Bertz CT molecular complexity index is 2260. The van der Waals surface area contributed by atoms with E-state index in [1.54, 1.807) is 31.8 Å². The number of aromatic hydroxyl groups is 1. The zero-order valence-electron chi connectivity index (χ0n) is 30.4. The summed E-state index contributed by atoms with van der Waals surface area (Å²) in [4.78, 5) is 30.1. The first-order valence-corrected chi connectivity index (χ1v) is 18.5. The van der Waals surface area contributed by atoms with Crippen LogP contribution in [0.25, 0.3) is 32.9 Å². The van der Waals surface area contributed by atoms with E-state index < -0.39 is 23.3 Å². The number of aliphatic hydroxyl groups is 1. The molecule has 1 aliphatic carbocycles. The first-order valence-electron chi connectivity index (χ1n) is 18.5. The number of hydrogen-bond donors (Lipinski definition) is 3. The predicted octanol–water partition coefficient (Wildman–Crippen LogP) is 5.63. The van der Waals surface area contributed by atoms with E-state index >= 15 is 8.78 Å². The molecule has 54 heavy (non-hydrogen) atoms. The van der Waals surface area contributed by atoms with Crippen LogP contribution in [0, 0.1) is 17.6 Å². The molecule has 12 nitrogen and oxygen atoms in total. The van der Waals surface area contributed by atoms with E-state index in [1.807, 2.05) is 0 Å². The minimum Gasteiger partial charge on any atom is -0.508 e. The smallest absolute Gasteiger partial charge is 0.319 e. The fourth-order valence-corrected chi connectivity index (χ4v) is 8.46. The van der Waals surface area contributed by atoms with E-state index in [9.17, 15) is 19.4 Å². The van der Waals surface area contributed by atoms with Gasteiger partial charge in [0.25, 0.3) is 5.91 Å². The first-order chi connectivity index (χ1) is 25.9. The summed E-state index contributed by atoms with van der Waals surface area (Å²) in [6, 6.07) is 7.30. The van der Waals surface area contributed by atoms with Crippen molar-refractivity contribution in [2.75, 3.05) is 39.1 Å². The van der Waals surface area contributed by atoms with Crippen LogP contribution in [0.2, 0.25) is 0 Å². The lowest BCUT2D eigenvalue weighted by molar-refractivity contribution is 0.0332. The monoisotopic (exact) mass is 744 g/mol. The van der Waals surface area contributed by atoms with Crippen LogP contribution in [0.3, 0.4) is 0 Å². The summed E-state index contributed by atoms with van der Waals surface area (Å²) in [7, 11) is 3.30. The lowest BCUT2D eigenvalue weighted by atomic mass is 9.82. The number of carbonyl (C=O) groups is 1. The number of ether oxygens (including phenoxy) is 1. The fourth-order valence-electron chi connectivity index (χ4n) is 8.46. The van der Waals surface area contributed by atoms with Crippen LogP contribution in [-0.4, -0.2) is 102 Å². The Morgan fingerprint density at radius 2 is 1.98 bits per heavy atom. The van der Waals surface area contributed by atoms with Gasteiger partial charge in [-0.3, -0.25) is 19.4 Å². The second-order valence-corrected chi connectivity index (χ2v) is 15.1. The van der Waals surface area contributed by atoms with Crippen LogP contribution < -0.4 is 10.1 Å². The maximum absolute atomic E-state index is 17.0. The minimum atomic E-state index is -0.970. The number of rotatable bonds is 11. The Hall–Kier alpha value is -5.02. The number of anilines is 1. The molecule has 3 aromatic heterocycles. The molecule has 1 saturated carbocycles. The van der Waals surface area contributed by atoms with Gasteiger partial charge in [0.1, 0.15) is 41.4 Å². The number of nitrogens with one attached hydrogen (secondary N) is 1. The molecule has 0 bridgehead atoms. The number of phenols is 1. The highest BCUT2D eigenvalue weighted by atomic mass is 19.1. The summed E-state index contributed by atoms with van der Waals surface area (Å²) in [5.74, 6) is -1.27.